The van der Waals surface area contributed by atoms with Crippen LogP contribution in [0.2, 0.25) is 0 Å². The summed E-state index contributed by atoms with van der Waals surface area (Å²) in [4.78, 5) is 0. The van der Waals surface area contributed by atoms with Crippen LogP contribution in [0.15, 0.2) is 46.9 Å². The van der Waals surface area contributed by atoms with Crippen molar-refractivity contribution in [2.45, 2.75) is 19.9 Å². The van der Waals surface area contributed by atoms with Gasteiger partial charge in [-0.3, -0.25) is 0 Å². The van der Waals surface area contributed by atoms with Crippen molar-refractivity contribution < 1.29 is 8.78 Å². The molecule has 19 heavy (non-hydrogen) atoms. The highest BCUT2D eigenvalue weighted by atomic mass is 79.9. The van der Waals surface area contributed by atoms with E-state index in [2.05, 4.69) is 21.2 Å². The van der Waals surface area contributed by atoms with Gasteiger partial charge < -0.3 is 5.32 Å². The number of alkyl halides is 2. The van der Waals surface area contributed by atoms with Gasteiger partial charge in [-0.05, 0) is 46.1 Å². The molecule has 0 amide bonds. The highest BCUT2D eigenvalue weighted by Crippen LogP contribution is 2.24. The predicted molar refractivity (Wildman–Crippen MR) is 77.6 cm³/mol. The minimum atomic E-state index is -2.41. The van der Waals surface area contributed by atoms with Gasteiger partial charge in [-0.15, -0.1) is 0 Å². The van der Waals surface area contributed by atoms with Gasteiger partial charge in [-0.25, -0.2) is 8.78 Å². The van der Waals surface area contributed by atoms with Gasteiger partial charge in [0.15, 0.2) is 0 Å². The second-order valence-electron chi connectivity index (χ2n) is 4.38. The third-order valence-corrected chi connectivity index (χ3v) is 3.50. The summed E-state index contributed by atoms with van der Waals surface area (Å²) in [6, 6.07) is 12.4. The lowest BCUT2D eigenvalue weighted by Crippen LogP contribution is -2.00. The molecule has 0 saturated carbocycles. The smallest absolute Gasteiger partial charge is 0.263 e. The molecule has 0 aliphatic heterocycles. The highest BCUT2D eigenvalue weighted by Gasteiger charge is 2.06. The first kappa shape index (κ1) is 14.0. The van der Waals surface area contributed by atoms with E-state index >= 15 is 0 Å². The Morgan fingerprint density at radius 2 is 1.79 bits per heavy atom. The summed E-state index contributed by atoms with van der Waals surface area (Å²) in [7, 11) is 0. The Labute approximate surface area is 119 Å². The number of rotatable bonds is 4. The molecule has 0 atom stereocenters. The maximum Gasteiger partial charge on any atom is 0.263 e. The van der Waals surface area contributed by atoms with Crippen LogP contribution >= 0.6 is 15.9 Å². The molecule has 1 nitrogen and oxygen atoms in total. The fraction of sp³-hybridized carbons (Fsp3) is 0.200. The molecule has 1 N–H and O–H groups in total. The van der Waals surface area contributed by atoms with Crippen molar-refractivity contribution >= 4 is 21.6 Å². The van der Waals surface area contributed by atoms with Crippen LogP contribution < -0.4 is 5.32 Å². The molecule has 4 heteroatoms. The van der Waals surface area contributed by atoms with Gasteiger partial charge in [0.1, 0.15) is 0 Å². The number of anilines is 1. The number of hydrogen-bond acceptors (Lipinski definition) is 1. The minimum absolute atomic E-state index is 0.0558. The molecule has 100 valence electrons. The summed E-state index contributed by atoms with van der Waals surface area (Å²) in [5, 5.41) is 3.27. The molecule has 0 aliphatic rings. The fourth-order valence-electron chi connectivity index (χ4n) is 1.74. The molecule has 0 aliphatic carbocycles. The Hall–Kier alpha value is -1.42. The highest BCUT2D eigenvalue weighted by molar-refractivity contribution is 9.10. The van der Waals surface area contributed by atoms with Crippen LogP contribution in [0.4, 0.5) is 14.5 Å². The standard InChI is InChI=1S/C15H14BrF2N/c1-10-2-7-14(13(16)8-10)19-9-11-3-5-12(6-4-11)15(17)18/h2-8,15,19H,9H2,1H3. The quantitative estimate of drug-likeness (QED) is 0.803. The molecule has 0 radical (unpaired) electrons. The van der Waals surface area contributed by atoms with Crippen LogP contribution in [0, 0.1) is 6.92 Å². The summed E-state index contributed by atoms with van der Waals surface area (Å²) in [5.41, 5.74) is 3.19. The summed E-state index contributed by atoms with van der Waals surface area (Å²) in [6.07, 6.45) is -2.41. The van der Waals surface area contributed by atoms with Crippen LogP contribution in [0.25, 0.3) is 0 Å². The topological polar surface area (TPSA) is 12.0 Å². The fourth-order valence-corrected chi connectivity index (χ4v) is 2.38. The van der Waals surface area contributed by atoms with Gasteiger partial charge in [0, 0.05) is 22.3 Å². The summed E-state index contributed by atoms with van der Waals surface area (Å²) in [6.45, 7) is 2.63. The van der Waals surface area contributed by atoms with E-state index < -0.39 is 6.43 Å². The average molecular weight is 326 g/mol. The van der Waals surface area contributed by atoms with Gasteiger partial charge in [0.2, 0.25) is 0 Å². The van der Waals surface area contributed by atoms with Crippen LogP contribution in [-0.2, 0) is 6.54 Å². The van der Waals surface area contributed by atoms with E-state index in [1.54, 1.807) is 12.1 Å². The lowest BCUT2D eigenvalue weighted by molar-refractivity contribution is 0.151. The van der Waals surface area contributed by atoms with E-state index in [9.17, 15) is 8.78 Å². The molecule has 0 bridgehead atoms. The lowest BCUT2D eigenvalue weighted by atomic mass is 10.1. The Morgan fingerprint density at radius 1 is 1.11 bits per heavy atom. The minimum Gasteiger partial charge on any atom is -0.380 e. The zero-order valence-corrected chi connectivity index (χ0v) is 12.0. The van der Waals surface area contributed by atoms with Gasteiger partial charge in [0.25, 0.3) is 6.43 Å². The van der Waals surface area contributed by atoms with Gasteiger partial charge in [0.05, 0.1) is 0 Å². The van der Waals surface area contributed by atoms with E-state index in [1.807, 2.05) is 25.1 Å². The Morgan fingerprint density at radius 3 is 2.37 bits per heavy atom. The molecular formula is C15H14BrF2N. The van der Waals surface area contributed by atoms with Crippen LogP contribution in [0.3, 0.4) is 0 Å². The Balaban J connectivity index is 2.02. The van der Waals surface area contributed by atoms with Gasteiger partial charge in [-0.1, -0.05) is 30.3 Å². The van der Waals surface area contributed by atoms with E-state index in [0.717, 1.165) is 15.7 Å². The molecule has 2 aromatic carbocycles. The summed E-state index contributed by atoms with van der Waals surface area (Å²) >= 11 is 3.49. The summed E-state index contributed by atoms with van der Waals surface area (Å²) < 4.78 is 25.8. The maximum atomic E-state index is 12.4. The third kappa shape index (κ3) is 3.77. The first-order chi connectivity index (χ1) is 9.06. The third-order valence-electron chi connectivity index (χ3n) is 2.84. The molecule has 0 aromatic heterocycles. The molecule has 2 rings (SSSR count). The average Bonchev–Trinajstić information content (AvgIpc) is 2.38. The number of nitrogens with one attached hydrogen (secondary N) is 1. The van der Waals surface area contributed by atoms with E-state index in [1.165, 1.54) is 17.7 Å². The predicted octanol–water partition coefficient (Wildman–Crippen LogP) is 5.31. The summed E-state index contributed by atoms with van der Waals surface area (Å²) in [5.74, 6) is 0. The second kappa shape index (κ2) is 6.15. The van der Waals surface area contributed by atoms with Crippen LogP contribution in [0.5, 0.6) is 0 Å². The van der Waals surface area contributed by atoms with Crippen molar-refractivity contribution in [3.63, 3.8) is 0 Å². The van der Waals surface area contributed by atoms with Crippen LogP contribution in [-0.4, -0.2) is 0 Å². The molecule has 0 spiro atoms. The van der Waals surface area contributed by atoms with E-state index in [-0.39, 0.29) is 5.56 Å². The number of aryl methyl sites for hydroxylation is 1. The molecule has 0 heterocycles. The largest absolute Gasteiger partial charge is 0.380 e. The van der Waals surface area contributed by atoms with Crippen molar-refractivity contribution in [1.82, 2.24) is 0 Å². The molecule has 0 fully saturated rings. The zero-order valence-electron chi connectivity index (χ0n) is 10.5. The van der Waals surface area contributed by atoms with Crippen molar-refractivity contribution in [2.24, 2.45) is 0 Å². The van der Waals surface area contributed by atoms with Crippen molar-refractivity contribution in [1.29, 1.82) is 0 Å². The number of hydrogen-bond donors (Lipinski definition) is 1. The lowest BCUT2D eigenvalue weighted by Gasteiger charge is -2.10. The normalized spacial score (nSPS) is 10.8. The molecular weight excluding hydrogens is 312 g/mol. The van der Waals surface area contributed by atoms with Crippen molar-refractivity contribution in [3.8, 4) is 0 Å². The van der Waals surface area contributed by atoms with E-state index in [0.29, 0.717) is 6.54 Å². The second-order valence-corrected chi connectivity index (χ2v) is 5.23. The van der Waals surface area contributed by atoms with Gasteiger partial charge in [-0.2, -0.15) is 0 Å². The van der Waals surface area contributed by atoms with Crippen molar-refractivity contribution in [2.75, 3.05) is 5.32 Å². The van der Waals surface area contributed by atoms with Gasteiger partial charge >= 0.3 is 0 Å². The maximum absolute atomic E-state index is 12.4. The first-order valence-electron chi connectivity index (χ1n) is 5.93. The molecule has 0 saturated heterocycles. The Kier molecular flexibility index (Phi) is 4.53. The SMILES string of the molecule is Cc1ccc(NCc2ccc(C(F)F)cc2)c(Br)c1. The Bertz CT molecular complexity index is 553. The van der Waals surface area contributed by atoms with E-state index in [4.69, 9.17) is 0 Å². The number of benzene rings is 2. The van der Waals surface area contributed by atoms with Crippen molar-refractivity contribution in [3.05, 3.63) is 63.6 Å². The first-order valence-corrected chi connectivity index (χ1v) is 6.72. The molecule has 2 aromatic rings. The number of halogens is 3. The van der Waals surface area contributed by atoms with Crippen LogP contribution in [0.1, 0.15) is 23.1 Å². The zero-order chi connectivity index (χ0) is 13.8. The molecule has 0 unspecified atom stereocenters. The monoisotopic (exact) mass is 325 g/mol.